The summed E-state index contributed by atoms with van der Waals surface area (Å²) in [5.41, 5.74) is -0.117. The van der Waals surface area contributed by atoms with E-state index in [1.807, 2.05) is 0 Å². The van der Waals surface area contributed by atoms with Crippen LogP contribution in [0.15, 0.2) is 48.9 Å². The molecule has 5 amide bonds. The summed E-state index contributed by atoms with van der Waals surface area (Å²) in [6.45, 7) is 10.7. The van der Waals surface area contributed by atoms with Crippen LogP contribution in [0.4, 0.5) is 8.78 Å². The van der Waals surface area contributed by atoms with Gasteiger partial charge in [-0.05, 0) is 54.9 Å². The lowest BCUT2D eigenvalue weighted by atomic mass is 9.85. The van der Waals surface area contributed by atoms with Gasteiger partial charge in [0, 0.05) is 25.4 Å². The molecule has 0 spiro atoms. The number of likely N-dealkylation sites (tertiary alicyclic amines) is 1. The molecule has 2 fully saturated rings. The second-order valence-electron chi connectivity index (χ2n) is 15.4. The van der Waals surface area contributed by atoms with Crippen molar-refractivity contribution in [3.05, 3.63) is 60.2 Å². The molecule has 7 atom stereocenters. The van der Waals surface area contributed by atoms with Gasteiger partial charge in [0.05, 0.1) is 18.3 Å². The standard InChI is InChI=1S/C38H51F2N7O6/c1-21(2)29(45-33(49)27-19-41-17-18-42-27)34(50)46-32(38(4,5)6)37(53)47-20-24-13-10-14-25(24)30(47)35(51)44-26(15-16-28(39)40)31(48)36(52)43-22(3)23-11-8-7-9-12-23/h7-9,11-12,17-19,21-22,24-26,28-30,32H,10,13-16,20H2,1-6H3,(H,43,52)(H,44,51)(H,45,49)(H,46,50)/t22-,24-,25-,26?,29?,30-,32?/m0/s1. The Balaban J connectivity index is 1.55. The quantitative estimate of drug-likeness (QED) is 0.201. The second kappa shape index (κ2) is 17.8. The van der Waals surface area contributed by atoms with Crippen LogP contribution in [-0.4, -0.2) is 87.3 Å². The lowest BCUT2D eigenvalue weighted by molar-refractivity contribution is -0.146. The number of rotatable bonds is 15. The Morgan fingerprint density at radius 3 is 2.21 bits per heavy atom. The number of halogens is 2. The van der Waals surface area contributed by atoms with Crippen molar-refractivity contribution in [1.82, 2.24) is 36.1 Å². The number of carbonyl (C=O) groups is 6. The third kappa shape index (κ3) is 10.4. The van der Waals surface area contributed by atoms with Gasteiger partial charge in [-0.2, -0.15) is 0 Å². The molecule has 3 unspecified atom stereocenters. The van der Waals surface area contributed by atoms with Crippen LogP contribution >= 0.6 is 0 Å². The number of nitrogens with one attached hydrogen (secondary N) is 4. The van der Waals surface area contributed by atoms with Crippen molar-refractivity contribution in [2.75, 3.05) is 6.54 Å². The average Bonchev–Trinajstić information content (AvgIpc) is 3.72. The van der Waals surface area contributed by atoms with Crippen LogP contribution in [-0.2, 0) is 24.0 Å². The van der Waals surface area contributed by atoms with Gasteiger partial charge < -0.3 is 26.2 Å². The SMILES string of the molecule is CC(C)C(NC(=O)c1cnccn1)C(=O)NC(C(=O)N1C[C@@H]2CCC[C@@H]2[C@H]1C(=O)NC(CCC(F)F)C(=O)C(=O)N[C@@H](C)c1ccccc1)C(C)(C)C. The monoisotopic (exact) mass is 739 g/mol. The molecule has 53 heavy (non-hydrogen) atoms. The molecule has 2 aromatic rings. The zero-order valence-corrected chi connectivity index (χ0v) is 31.1. The van der Waals surface area contributed by atoms with Gasteiger partial charge in [-0.1, -0.05) is 71.4 Å². The van der Waals surface area contributed by atoms with Crippen molar-refractivity contribution in [1.29, 1.82) is 0 Å². The molecule has 288 valence electrons. The molecular formula is C38H51F2N7O6. The number of carbonyl (C=O) groups excluding carboxylic acids is 6. The molecule has 4 N–H and O–H groups in total. The largest absolute Gasteiger partial charge is 0.344 e. The van der Waals surface area contributed by atoms with Crippen LogP contribution in [0.1, 0.15) is 95.7 Å². The lowest BCUT2D eigenvalue weighted by Crippen LogP contribution is -2.62. The van der Waals surface area contributed by atoms with Crippen molar-refractivity contribution in [3.8, 4) is 0 Å². The molecule has 1 aliphatic carbocycles. The minimum absolute atomic E-state index is 0.0142. The van der Waals surface area contributed by atoms with Gasteiger partial charge >= 0.3 is 0 Å². The van der Waals surface area contributed by atoms with Gasteiger partial charge in [-0.25, -0.2) is 13.8 Å². The molecule has 2 heterocycles. The lowest BCUT2D eigenvalue weighted by Gasteiger charge is -2.37. The summed E-state index contributed by atoms with van der Waals surface area (Å²) in [6.07, 6.45) is 2.21. The molecule has 15 heteroatoms. The van der Waals surface area contributed by atoms with Gasteiger partial charge in [0.25, 0.3) is 11.8 Å². The Morgan fingerprint density at radius 2 is 1.60 bits per heavy atom. The molecule has 1 aromatic heterocycles. The van der Waals surface area contributed by atoms with Crippen molar-refractivity contribution in [3.63, 3.8) is 0 Å². The van der Waals surface area contributed by atoms with E-state index in [1.54, 1.807) is 71.9 Å². The second-order valence-corrected chi connectivity index (χ2v) is 15.4. The topological polar surface area (TPSA) is 180 Å². The van der Waals surface area contributed by atoms with Crippen molar-refractivity contribution in [2.45, 2.75) is 110 Å². The minimum Gasteiger partial charge on any atom is -0.344 e. The predicted molar refractivity (Wildman–Crippen MR) is 191 cm³/mol. The molecule has 1 saturated heterocycles. The summed E-state index contributed by atoms with van der Waals surface area (Å²) in [5.74, 6) is -5.27. The summed E-state index contributed by atoms with van der Waals surface area (Å²) in [4.78, 5) is 91.1. The normalized spacial score (nSPS) is 20.6. The maximum Gasteiger partial charge on any atom is 0.290 e. The van der Waals surface area contributed by atoms with Crippen molar-refractivity contribution in [2.24, 2.45) is 23.2 Å². The van der Waals surface area contributed by atoms with Gasteiger partial charge in [0.15, 0.2) is 0 Å². The average molecular weight is 740 g/mol. The Morgan fingerprint density at radius 1 is 0.906 bits per heavy atom. The van der Waals surface area contributed by atoms with Gasteiger partial charge in [-0.3, -0.25) is 33.8 Å². The van der Waals surface area contributed by atoms with Crippen molar-refractivity contribution >= 4 is 35.3 Å². The van der Waals surface area contributed by atoms with Crippen LogP contribution in [0.3, 0.4) is 0 Å². The Hall–Kier alpha value is -4.82. The van der Waals surface area contributed by atoms with Gasteiger partial charge in [0.2, 0.25) is 29.9 Å². The number of hydrogen-bond donors (Lipinski definition) is 4. The van der Waals surface area contributed by atoms with E-state index in [0.29, 0.717) is 6.42 Å². The third-order valence-electron chi connectivity index (χ3n) is 10.1. The number of alkyl halides is 2. The first-order valence-corrected chi connectivity index (χ1v) is 18.2. The zero-order chi connectivity index (χ0) is 39.0. The Labute approximate surface area is 308 Å². The number of hydrogen-bond acceptors (Lipinski definition) is 8. The van der Waals surface area contributed by atoms with E-state index in [9.17, 15) is 37.5 Å². The molecule has 0 bridgehead atoms. The van der Waals surface area contributed by atoms with E-state index in [0.717, 1.165) is 18.4 Å². The molecule has 4 rings (SSSR count). The van der Waals surface area contributed by atoms with Gasteiger partial charge in [-0.15, -0.1) is 0 Å². The smallest absolute Gasteiger partial charge is 0.290 e. The predicted octanol–water partition coefficient (Wildman–Crippen LogP) is 3.37. The fraction of sp³-hybridized carbons (Fsp3) is 0.579. The number of nitrogens with zero attached hydrogens (tertiary/aromatic N) is 3. The number of Topliss-reactive ketones (excluding diaryl/α,β-unsaturated/α-hetero) is 1. The van der Waals surface area contributed by atoms with E-state index in [2.05, 4.69) is 31.2 Å². The van der Waals surface area contributed by atoms with Gasteiger partial charge in [0.1, 0.15) is 23.8 Å². The van der Waals surface area contributed by atoms with Crippen LogP contribution in [0.25, 0.3) is 0 Å². The highest BCUT2D eigenvalue weighted by molar-refractivity contribution is 6.38. The number of amides is 5. The van der Waals surface area contributed by atoms with Crippen LogP contribution in [0, 0.1) is 23.2 Å². The van der Waals surface area contributed by atoms with E-state index in [4.69, 9.17) is 0 Å². The van der Waals surface area contributed by atoms with Crippen molar-refractivity contribution < 1.29 is 37.5 Å². The highest BCUT2D eigenvalue weighted by Crippen LogP contribution is 2.43. The summed E-state index contributed by atoms with van der Waals surface area (Å²) in [6, 6.07) is 3.50. The molecule has 13 nitrogen and oxygen atoms in total. The number of ketones is 1. The highest BCUT2D eigenvalue weighted by Gasteiger charge is 2.52. The summed E-state index contributed by atoms with van der Waals surface area (Å²) in [5, 5.41) is 10.7. The summed E-state index contributed by atoms with van der Waals surface area (Å²) in [7, 11) is 0. The molecule has 1 saturated carbocycles. The summed E-state index contributed by atoms with van der Waals surface area (Å²) >= 11 is 0. The number of aromatic nitrogens is 2. The molecular weight excluding hydrogens is 688 g/mol. The highest BCUT2D eigenvalue weighted by atomic mass is 19.3. The first-order valence-electron chi connectivity index (χ1n) is 18.2. The molecule has 1 aliphatic heterocycles. The summed E-state index contributed by atoms with van der Waals surface area (Å²) < 4.78 is 26.8. The third-order valence-corrected chi connectivity index (χ3v) is 10.1. The Kier molecular flexibility index (Phi) is 13.8. The zero-order valence-electron chi connectivity index (χ0n) is 31.1. The van der Waals surface area contributed by atoms with Crippen LogP contribution in [0.5, 0.6) is 0 Å². The minimum atomic E-state index is -2.78. The molecule has 1 aromatic carbocycles. The molecule has 2 aliphatic rings. The van der Waals surface area contributed by atoms with E-state index in [1.165, 1.54) is 23.5 Å². The number of fused-ring (bicyclic) bond motifs is 1. The van der Waals surface area contributed by atoms with E-state index >= 15 is 0 Å². The maximum absolute atomic E-state index is 14.5. The van der Waals surface area contributed by atoms with E-state index in [-0.39, 0.29) is 30.0 Å². The first kappa shape index (κ1) is 40.9. The molecule has 0 radical (unpaired) electrons. The fourth-order valence-electron chi connectivity index (χ4n) is 7.15. The number of benzene rings is 1. The maximum atomic E-state index is 14.5. The van der Waals surface area contributed by atoms with Crippen LogP contribution < -0.4 is 21.3 Å². The van der Waals surface area contributed by atoms with Crippen LogP contribution in [0.2, 0.25) is 0 Å². The Bertz CT molecular complexity index is 1620. The first-order chi connectivity index (χ1) is 25.0. The fourth-order valence-corrected chi connectivity index (χ4v) is 7.15. The van der Waals surface area contributed by atoms with E-state index < -0.39 is 90.2 Å².